The van der Waals surface area contributed by atoms with Crippen LogP contribution in [0.4, 0.5) is 0 Å². The van der Waals surface area contributed by atoms with E-state index in [4.69, 9.17) is 11.6 Å². The topological polar surface area (TPSA) is 53.5 Å². The van der Waals surface area contributed by atoms with Crippen LogP contribution in [0.2, 0.25) is 5.02 Å². The minimum atomic E-state index is -0.105. The Hall–Kier alpha value is -2.61. The number of thiazole rings is 1. The molecule has 158 valence electrons. The van der Waals surface area contributed by atoms with Crippen LogP contribution in [0.3, 0.4) is 0 Å². The van der Waals surface area contributed by atoms with Gasteiger partial charge in [-0.25, -0.2) is 4.98 Å². The van der Waals surface area contributed by atoms with E-state index in [0.717, 1.165) is 26.9 Å². The van der Waals surface area contributed by atoms with E-state index in [9.17, 15) is 9.59 Å². The number of carbonyl (C=O) groups excluding carboxylic acids is 2. The van der Waals surface area contributed by atoms with E-state index in [1.54, 1.807) is 16.8 Å². The summed E-state index contributed by atoms with van der Waals surface area (Å²) in [5, 5.41) is 4.20. The van der Waals surface area contributed by atoms with Gasteiger partial charge in [0, 0.05) is 35.6 Å². The number of hydrogen-bond donors (Lipinski definition) is 0. The number of halogens is 1. The molecule has 1 aromatic heterocycles. The van der Waals surface area contributed by atoms with Gasteiger partial charge in [-0.2, -0.15) is 0 Å². The normalized spacial score (nSPS) is 15.0. The Morgan fingerprint density at radius 1 is 1.19 bits per heavy atom. The van der Waals surface area contributed by atoms with Crippen LogP contribution in [0.5, 0.6) is 0 Å². The summed E-state index contributed by atoms with van der Waals surface area (Å²) in [5.74, 6) is 0.162. The maximum absolute atomic E-state index is 12.7. The molecule has 3 aromatic rings. The summed E-state index contributed by atoms with van der Waals surface area (Å²) < 4.78 is 0. The molecule has 0 aliphatic carbocycles. The minimum absolute atomic E-state index is 0.0242. The van der Waals surface area contributed by atoms with Gasteiger partial charge in [0.1, 0.15) is 11.6 Å². The highest BCUT2D eigenvalue weighted by atomic mass is 35.5. The van der Waals surface area contributed by atoms with Crippen LogP contribution in [-0.2, 0) is 16.1 Å². The minimum Gasteiger partial charge on any atom is -0.340 e. The van der Waals surface area contributed by atoms with Crippen LogP contribution in [0.25, 0.3) is 17.3 Å². The Bertz CT molecular complexity index is 1110. The molecular weight excluding hydrogens is 450 g/mol. The van der Waals surface area contributed by atoms with Crippen LogP contribution in [0.15, 0.2) is 65.0 Å². The lowest BCUT2D eigenvalue weighted by Crippen LogP contribution is -2.38. The molecule has 0 atom stereocenters. The number of hydrogen-bond acceptors (Lipinski definition) is 5. The Balaban J connectivity index is 1.46. The van der Waals surface area contributed by atoms with E-state index in [-0.39, 0.29) is 18.4 Å². The van der Waals surface area contributed by atoms with Crippen molar-refractivity contribution in [3.63, 3.8) is 0 Å². The molecule has 0 saturated carbocycles. The average molecular weight is 470 g/mol. The predicted molar refractivity (Wildman–Crippen MR) is 128 cm³/mol. The summed E-state index contributed by atoms with van der Waals surface area (Å²) in [5.41, 5.74) is 2.89. The van der Waals surface area contributed by atoms with E-state index in [0.29, 0.717) is 17.3 Å². The number of amides is 2. The molecular formula is C23H20ClN3O2S2. The van der Waals surface area contributed by atoms with Gasteiger partial charge in [-0.1, -0.05) is 65.8 Å². The van der Waals surface area contributed by atoms with E-state index in [2.05, 4.69) is 4.98 Å². The summed E-state index contributed by atoms with van der Waals surface area (Å²) in [7, 11) is 1.76. The summed E-state index contributed by atoms with van der Waals surface area (Å²) in [6.07, 6.45) is 1.88. The highest BCUT2D eigenvalue weighted by Gasteiger charge is 2.29. The standard InChI is InChI=1S/C23H20ClN3O2S2/c1-26(12-16-5-3-2-4-6-16)21(28)13-27-22(29)15-31-23(27)11-20-25-19(14-30-20)17-7-9-18(24)10-8-17/h2-11,14H,12-13,15H2,1H3/b23-11+. The Morgan fingerprint density at radius 3 is 2.68 bits per heavy atom. The van der Waals surface area contributed by atoms with Crippen molar-refractivity contribution in [2.45, 2.75) is 6.54 Å². The molecule has 1 aliphatic rings. The van der Waals surface area contributed by atoms with E-state index in [1.165, 1.54) is 23.1 Å². The van der Waals surface area contributed by atoms with Gasteiger partial charge in [-0.05, 0) is 17.7 Å². The number of thioether (sulfide) groups is 1. The van der Waals surface area contributed by atoms with Crippen molar-refractivity contribution in [3.05, 3.63) is 80.6 Å². The van der Waals surface area contributed by atoms with E-state index < -0.39 is 0 Å². The van der Waals surface area contributed by atoms with Gasteiger partial charge >= 0.3 is 0 Å². The van der Waals surface area contributed by atoms with Crippen molar-refractivity contribution in [2.75, 3.05) is 19.3 Å². The summed E-state index contributed by atoms with van der Waals surface area (Å²) in [6, 6.07) is 17.3. The van der Waals surface area contributed by atoms with Crippen molar-refractivity contribution in [2.24, 2.45) is 0 Å². The molecule has 0 N–H and O–H groups in total. The molecule has 2 amide bonds. The first kappa shape index (κ1) is 21.6. The van der Waals surface area contributed by atoms with Crippen molar-refractivity contribution in [1.82, 2.24) is 14.8 Å². The lowest BCUT2D eigenvalue weighted by atomic mass is 10.2. The first-order valence-electron chi connectivity index (χ1n) is 9.64. The smallest absolute Gasteiger partial charge is 0.242 e. The second-order valence-corrected chi connectivity index (χ2v) is 9.39. The Kier molecular flexibility index (Phi) is 6.75. The first-order valence-corrected chi connectivity index (χ1v) is 11.9. The molecule has 2 aromatic carbocycles. The number of likely N-dealkylation sites (N-methyl/N-ethyl adjacent to an activating group) is 1. The van der Waals surface area contributed by atoms with Crippen LogP contribution >= 0.6 is 34.7 Å². The largest absolute Gasteiger partial charge is 0.340 e. The zero-order valence-electron chi connectivity index (χ0n) is 16.8. The highest BCUT2D eigenvalue weighted by molar-refractivity contribution is 8.04. The lowest BCUT2D eigenvalue weighted by Gasteiger charge is -2.22. The molecule has 1 aliphatic heterocycles. The fourth-order valence-electron chi connectivity index (χ4n) is 3.11. The maximum Gasteiger partial charge on any atom is 0.242 e. The predicted octanol–water partition coefficient (Wildman–Crippen LogP) is 5.00. The van der Waals surface area contributed by atoms with E-state index >= 15 is 0 Å². The zero-order valence-corrected chi connectivity index (χ0v) is 19.2. The van der Waals surface area contributed by atoms with Gasteiger partial charge in [0.25, 0.3) is 0 Å². The van der Waals surface area contributed by atoms with Crippen LogP contribution in [0, 0.1) is 0 Å². The molecule has 4 rings (SSSR count). The number of carbonyl (C=O) groups is 2. The third-order valence-corrected chi connectivity index (χ3v) is 6.87. The van der Waals surface area contributed by atoms with Gasteiger partial charge in [0.2, 0.25) is 11.8 Å². The third kappa shape index (κ3) is 5.36. The number of aromatic nitrogens is 1. The van der Waals surface area contributed by atoms with Crippen LogP contribution in [0.1, 0.15) is 10.6 Å². The van der Waals surface area contributed by atoms with Gasteiger partial charge in [0.15, 0.2) is 0 Å². The van der Waals surface area contributed by atoms with Crippen molar-refractivity contribution in [1.29, 1.82) is 0 Å². The molecule has 5 nitrogen and oxygen atoms in total. The fraction of sp³-hybridized carbons (Fsp3) is 0.174. The SMILES string of the molecule is CN(Cc1ccccc1)C(=O)CN1C(=O)CS/C1=C/c1nc(-c2ccc(Cl)cc2)cs1. The molecule has 0 spiro atoms. The molecule has 0 bridgehead atoms. The Labute approximate surface area is 194 Å². The van der Waals surface area contributed by atoms with Crippen molar-refractivity contribution < 1.29 is 9.59 Å². The van der Waals surface area contributed by atoms with Crippen molar-refractivity contribution in [3.8, 4) is 11.3 Å². The van der Waals surface area contributed by atoms with E-state index in [1.807, 2.05) is 66.1 Å². The van der Waals surface area contributed by atoms with Gasteiger partial charge in [-0.3, -0.25) is 14.5 Å². The lowest BCUT2D eigenvalue weighted by molar-refractivity contribution is -0.136. The summed E-state index contributed by atoms with van der Waals surface area (Å²) >= 11 is 8.89. The highest BCUT2D eigenvalue weighted by Crippen LogP contribution is 2.32. The molecule has 0 radical (unpaired) electrons. The summed E-state index contributed by atoms with van der Waals surface area (Å²) in [6.45, 7) is 0.529. The third-order valence-electron chi connectivity index (χ3n) is 4.80. The van der Waals surface area contributed by atoms with Gasteiger partial charge in [0.05, 0.1) is 16.5 Å². The summed E-state index contributed by atoms with van der Waals surface area (Å²) in [4.78, 5) is 33.0. The Morgan fingerprint density at radius 2 is 1.94 bits per heavy atom. The average Bonchev–Trinajstić information content (AvgIpc) is 3.37. The second-order valence-electron chi connectivity index (χ2n) is 7.06. The molecule has 1 saturated heterocycles. The number of benzene rings is 2. The first-order chi connectivity index (χ1) is 15.0. The fourth-order valence-corrected chi connectivity index (χ4v) is 5.01. The monoisotopic (exact) mass is 469 g/mol. The van der Waals surface area contributed by atoms with Gasteiger partial charge in [-0.15, -0.1) is 11.3 Å². The zero-order chi connectivity index (χ0) is 21.8. The van der Waals surface area contributed by atoms with Crippen molar-refractivity contribution >= 4 is 52.6 Å². The number of nitrogens with zero attached hydrogens (tertiary/aromatic N) is 3. The molecule has 31 heavy (non-hydrogen) atoms. The van der Waals surface area contributed by atoms with Crippen LogP contribution < -0.4 is 0 Å². The quantitative estimate of drug-likeness (QED) is 0.510. The second kappa shape index (κ2) is 9.68. The molecule has 2 heterocycles. The molecule has 1 fully saturated rings. The number of rotatable bonds is 6. The van der Waals surface area contributed by atoms with Gasteiger partial charge < -0.3 is 4.90 Å². The molecule has 8 heteroatoms. The maximum atomic E-state index is 12.7. The molecule has 0 unspecified atom stereocenters. The van der Waals surface area contributed by atoms with Crippen LogP contribution in [-0.4, -0.2) is 45.9 Å².